The van der Waals surface area contributed by atoms with Gasteiger partial charge in [-0.2, -0.15) is 0 Å². The monoisotopic (exact) mass is 470 g/mol. The Hall–Kier alpha value is -3.26. The summed E-state index contributed by atoms with van der Waals surface area (Å²) in [6.45, 7) is 3.80. The van der Waals surface area contributed by atoms with Crippen LogP contribution in [-0.2, 0) is 22.7 Å². The van der Waals surface area contributed by atoms with Gasteiger partial charge >= 0.3 is 0 Å². The highest BCUT2D eigenvalue weighted by Crippen LogP contribution is 2.26. The number of pyridine rings is 1. The molecular formula is C24H24ClFN4O3. The number of aromatic nitrogens is 2. The van der Waals surface area contributed by atoms with Crippen molar-refractivity contribution in [2.24, 2.45) is 5.92 Å². The molecule has 172 valence electrons. The largest absolute Gasteiger partial charge is 0.350 e. The highest BCUT2D eigenvalue weighted by molar-refractivity contribution is 6.30. The van der Waals surface area contributed by atoms with Crippen LogP contribution in [0.3, 0.4) is 0 Å². The molecule has 3 aromatic rings. The van der Waals surface area contributed by atoms with Gasteiger partial charge in [0.05, 0.1) is 16.7 Å². The van der Waals surface area contributed by atoms with E-state index in [0.29, 0.717) is 24.0 Å². The average molecular weight is 471 g/mol. The first-order valence-electron chi connectivity index (χ1n) is 10.7. The molecule has 33 heavy (non-hydrogen) atoms. The zero-order valence-corrected chi connectivity index (χ0v) is 19.1. The summed E-state index contributed by atoms with van der Waals surface area (Å²) in [5, 5.41) is 3.47. The number of ketones is 1. The van der Waals surface area contributed by atoms with Gasteiger partial charge in [-0.3, -0.25) is 19.4 Å². The Kier molecular flexibility index (Phi) is 6.47. The molecule has 1 N–H and O–H groups in total. The first-order chi connectivity index (χ1) is 15.8. The molecule has 1 aliphatic heterocycles. The molecule has 7 nitrogen and oxygen atoms in total. The van der Waals surface area contributed by atoms with Gasteiger partial charge in [-0.25, -0.2) is 4.39 Å². The average Bonchev–Trinajstić information content (AvgIpc) is 3.35. The fraction of sp³-hybridized carbons (Fsp3) is 0.333. The van der Waals surface area contributed by atoms with Crippen LogP contribution in [0.15, 0.2) is 42.9 Å². The van der Waals surface area contributed by atoms with E-state index in [1.54, 1.807) is 46.3 Å². The number of nitrogens with one attached hydrogen (secondary N) is 1. The Labute approximate surface area is 195 Å². The van der Waals surface area contributed by atoms with Gasteiger partial charge in [0.1, 0.15) is 18.4 Å². The van der Waals surface area contributed by atoms with Gasteiger partial charge in [-0.15, -0.1) is 0 Å². The first kappa shape index (κ1) is 22.9. The summed E-state index contributed by atoms with van der Waals surface area (Å²) in [6, 6.07) is 5.70. The molecule has 0 saturated carbocycles. The van der Waals surface area contributed by atoms with Crippen LogP contribution >= 0.6 is 11.6 Å². The molecule has 0 radical (unpaired) electrons. The van der Waals surface area contributed by atoms with Crippen molar-refractivity contribution < 1.29 is 18.8 Å². The number of carbonyl (C=O) groups is 3. The maximum atomic E-state index is 14.2. The fourth-order valence-corrected chi connectivity index (χ4v) is 4.58. The van der Waals surface area contributed by atoms with Crippen LogP contribution in [0, 0.1) is 11.7 Å². The number of benzene rings is 1. The summed E-state index contributed by atoms with van der Waals surface area (Å²) in [5.74, 6) is -1.28. The summed E-state index contributed by atoms with van der Waals surface area (Å²) in [6.07, 6.45) is 5.56. The quantitative estimate of drug-likeness (QED) is 0.558. The maximum Gasteiger partial charge on any atom is 0.243 e. The number of likely N-dealkylation sites (tertiary alicyclic amines) is 1. The number of hydrogen-bond donors (Lipinski definition) is 1. The lowest BCUT2D eigenvalue weighted by molar-refractivity contribution is -0.139. The van der Waals surface area contributed by atoms with Crippen LogP contribution in [0.2, 0.25) is 5.02 Å². The molecule has 2 atom stereocenters. The van der Waals surface area contributed by atoms with Crippen molar-refractivity contribution in [3.05, 3.63) is 64.8 Å². The van der Waals surface area contributed by atoms with Crippen LogP contribution in [0.1, 0.15) is 36.2 Å². The topological polar surface area (TPSA) is 84.3 Å². The standard InChI is InChI=1S/C24H24ClFN4O3/c1-14-7-9-30(23(14)24(33)28-10-16-4-3-5-19(25)22(16)26)21(32)13-29-12-18(15(2)31)17-6-8-27-11-20(17)29/h3-6,8,11-12,14,23H,7,9-10,13H2,1-2H3,(H,28,33)/t14-,23-/m0/s1. The Morgan fingerprint density at radius 2 is 2.06 bits per heavy atom. The molecule has 1 aliphatic rings. The number of halogens is 2. The van der Waals surface area contributed by atoms with E-state index >= 15 is 0 Å². The van der Waals surface area contributed by atoms with E-state index in [9.17, 15) is 18.8 Å². The normalized spacial score (nSPS) is 18.0. The van der Waals surface area contributed by atoms with Gasteiger partial charge < -0.3 is 14.8 Å². The Balaban J connectivity index is 1.51. The Morgan fingerprint density at radius 1 is 1.27 bits per heavy atom. The Bertz CT molecular complexity index is 1240. The molecule has 4 rings (SSSR count). The number of rotatable bonds is 6. The summed E-state index contributed by atoms with van der Waals surface area (Å²) in [5.41, 5.74) is 1.48. The summed E-state index contributed by atoms with van der Waals surface area (Å²) >= 11 is 5.82. The van der Waals surface area contributed by atoms with E-state index in [1.807, 2.05) is 6.92 Å². The number of amides is 2. The summed E-state index contributed by atoms with van der Waals surface area (Å²) in [7, 11) is 0. The predicted octanol–water partition coefficient (Wildman–Crippen LogP) is 3.58. The first-order valence-corrected chi connectivity index (χ1v) is 11.1. The van der Waals surface area contributed by atoms with E-state index in [4.69, 9.17) is 11.6 Å². The molecule has 0 bridgehead atoms. The van der Waals surface area contributed by atoms with Crippen molar-refractivity contribution in [2.75, 3.05) is 6.54 Å². The lowest BCUT2D eigenvalue weighted by Crippen LogP contribution is -2.48. The van der Waals surface area contributed by atoms with Gasteiger partial charge in [-0.05, 0) is 31.4 Å². The zero-order chi connectivity index (χ0) is 23.7. The third kappa shape index (κ3) is 4.48. The lowest BCUT2D eigenvalue weighted by atomic mass is 10.0. The third-order valence-corrected chi connectivity index (χ3v) is 6.44. The minimum absolute atomic E-state index is 0.00819. The molecule has 0 aliphatic carbocycles. The molecule has 0 unspecified atom stereocenters. The lowest BCUT2D eigenvalue weighted by Gasteiger charge is -2.26. The molecule has 3 heterocycles. The number of nitrogens with zero attached hydrogens (tertiary/aromatic N) is 3. The molecule has 1 saturated heterocycles. The van der Waals surface area contributed by atoms with Gasteiger partial charge in [0.2, 0.25) is 11.8 Å². The molecule has 9 heteroatoms. The maximum absolute atomic E-state index is 14.2. The number of hydrogen-bond acceptors (Lipinski definition) is 4. The minimum Gasteiger partial charge on any atom is -0.350 e. The van der Waals surface area contributed by atoms with E-state index in [2.05, 4.69) is 10.3 Å². The van der Waals surface area contributed by atoms with Crippen molar-refractivity contribution in [2.45, 2.75) is 39.4 Å². The van der Waals surface area contributed by atoms with Gasteiger partial charge in [0.15, 0.2) is 5.78 Å². The minimum atomic E-state index is -0.660. The molecular weight excluding hydrogens is 447 g/mol. The second kappa shape index (κ2) is 9.31. The molecule has 1 aromatic carbocycles. The van der Waals surface area contributed by atoms with Crippen LogP contribution in [-0.4, -0.2) is 44.6 Å². The van der Waals surface area contributed by atoms with Gasteiger partial charge in [-0.1, -0.05) is 30.7 Å². The fourth-order valence-electron chi connectivity index (χ4n) is 4.38. The number of carbonyl (C=O) groups excluding carboxylic acids is 3. The summed E-state index contributed by atoms with van der Waals surface area (Å²) < 4.78 is 15.9. The second-order valence-electron chi connectivity index (χ2n) is 8.35. The van der Waals surface area contributed by atoms with Crippen LogP contribution < -0.4 is 5.32 Å². The van der Waals surface area contributed by atoms with Crippen molar-refractivity contribution in [1.82, 2.24) is 19.8 Å². The third-order valence-electron chi connectivity index (χ3n) is 6.14. The number of Topliss-reactive ketones (excluding diaryl/α,β-unsaturated/α-hetero) is 1. The van der Waals surface area contributed by atoms with Crippen molar-refractivity contribution in [1.29, 1.82) is 0 Å². The van der Waals surface area contributed by atoms with Crippen LogP contribution in [0.4, 0.5) is 4.39 Å². The highest BCUT2D eigenvalue weighted by atomic mass is 35.5. The van der Waals surface area contributed by atoms with Gasteiger partial charge in [0, 0.05) is 42.0 Å². The molecule has 2 amide bonds. The van der Waals surface area contributed by atoms with Crippen molar-refractivity contribution in [3.8, 4) is 0 Å². The van der Waals surface area contributed by atoms with E-state index in [0.717, 1.165) is 5.39 Å². The van der Waals surface area contributed by atoms with E-state index in [-0.39, 0.29) is 47.2 Å². The zero-order valence-electron chi connectivity index (χ0n) is 18.3. The SMILES string of the molecule is CC(=O)c1cn(CC(=O)N2CC[C@H](C)[C@H]2C(=O)NCc2cccc(Cl)c2F)c2cnccc12. The summed E-state index contributed by atoms with van der Waals surface area (Å²) in [4.78, 5) is 43.9. The van der Waals surface area contributed by atoms with Crippen molar-refractivity contribution >= 4 is 40.1 Å². The van der Waals surface area contributed by atoms with E-state index in [1.165, 1.54) is 13.0 Å². The predicted molar refractivity (Wildman–Crippen MR) is 122 cm³/mol. The number of fused-ring (bicyclic) bond motifs is 1. The van der Waals surface area contributed by atoms with Gasteiger partial charge in [0.25, 0.3) is 0 Å². The van der Waals surface area contributed by atoms with Crippen molar-refractivity contribution in [3.63, 3.8) is 0 Å². The van der Waals surface area contributed by atoms with Crippen LogP contribution in [0.5, 0.6) is 0 Å². The smallest absolute Gasteiger partial charge is 0.243 e. The molecule has 2 aromatic heterocycles. The Morgan fingerprint density at radius 3 is 2.82 bits per heavy atom. The second-order valence-corrected chi connectivity index (χ2v) is 8.76. The van der Waals surface area contributed by atoms with Crippen LogP contribution in [0.25, 0.3) is 10.9 Å². The molecule has 1 fully saturated rings. The highest BCUT2D eigenvalue weighted by Gasteiger charge is 2.39. The molecule has 0 spiro atoms. The van der Waals surface area contributed by atoms with E-state index < -0.39 is 11.9 Å².